The van der Waals surface area contributed by atoms with Crippen LogP contribution >= 0.6 is 0 Å². The molecular formula is C20H18F2N2O4. The molecule has 2 aromatic rings. The molecule has 0 spiro atoms. The number of para-hydroxylation sites is 1. The van der Waals surface area contributed by atoms with Crippen LogP contribution in [0.25, 0.3) is 0 Å². The van der Waals surface area contributed by atoms with Crippen LogP contribution in [0.3, 0.4) is 0 Å². The molecule has 0 saturated carbocycles. The Morgan fingerprint density at radius 1 is 1.18 bits per heavy atom. The topological polar surface area (TPSA) is 75.7 Å². The second-order valence-corrected chi connectivity index (χ2v) is 6.48. The van der Waals surface area contributed by atoms with E-state index in [1.54, 1.807) is 13.0 Å². The fourth-order valence-corrected chi connectivity index (χ4v) is 2.89. The monoisotopic (exact) mass is 388 g/mol. The molecule has 28 heavy (non-hydrogen) atoms. The molecule has 1 N–H and O–H groups in total. The molecule has 2 aromatic carbocycles. The van der Waals surface area contributed by atoms with E-state index in [4.69, 9.17) is 4.74 Å². The highest BCUT2D eigenvalue weighted by molar-refractivity contribution is 6.00. The van der Waals surface area contributed by atoms with Crippen molar-refractivity contribution in [2.45, 2.75) is 13.3 Å². The molecule has 1 heterocycles. The fourth-order valence-electron chi connectivity index (χ4n) is 2.89. The fraction of sp³-hybridized carbons (Fsp3) is 0.250. The Labute approximate surface area is 160 Å². The number of nitrogens with zero attached hydrogens (tertiary/aromatic N) is 1. The second kappa shape index (κ2) is 8.16. The number of rotatable bonds is 5. The largest absolute Gasteiger partial charge is 0.455 e. The molecule has 1 aliphatic heterocycles. The highest BCUT2D eigenvalue weighted by Gasteiger charge is 2.37. The van der Waals surface area contributed by atoms with Crippen molar-refractivity contribution in [1.29, 1.82) is 0 Å². The lowest BCUT2D eigenvalue weighted by Gasteiger charge is -2.17. The lowest BCUT2D eigenvalue weighted by Crippen LogP contribution is -2.28. The summed E-state index contributed by atoms with van der Waals surface area (Å²) in [5.74, 6) is -3.57. The van der Waals surface area contributed by atoms with Gasteiger partial charge in [-0.05, 0) is 36.8 Å². The third kappa shape index (κ3) is 4.33. The van der Waals surface area contributed by atoms with E-state index >= 15 is 0 Å². The molecule has 0 radical (unpaired) electrons. The summed E-state index contributed by atoms with van der Waals surface area (Å²) in [4.78, 5) is 37.4. The van der Waals surface area contributed by atoms with E-state index in [2.05, 4.69) is 5.32 Å². The van der Waals surface area contributed by atoms with E-state index in [9.17, 15) is 23.2 Å². The molecule has 1 fully saturated rings. The number of anilines is 2. The zero-order valence-corrected chi connectivity index (χ0v) is 15.1. The quantitative estimate of drug-likeness (QED) is 0.800. The van der Waals surface area contributed by atoms with Gasteiger partial charge in [-0.3, -0.25) is 14.4 Å². The standard InChI is InChI=1S/C20H18F2N2O4/c1-12-6-7-14(9-16(12)22)23-18(25)11-28-20(27)13-8-19(26)24(10-13)17-5-3-2-4-15(17)21/h2-7,9,13H,8,10-11H2,1H3,(H,23,25)/t13-/m0/s1. The molecule has 3 rings (SSSR count). The predicted octanol–water partition coefficient (Wildman–Crippen LogP) is 2.81. The maximum atomic E-state index is 13.9. The molecule has 146 valence electrons. The Morgan fingerprint density at radius 3 is 2.64 bits per heavy atom. The predicted molar refractivity (Wildman–Crippen MR) is 97.6 cm³/mol. The second-order valence-electron chi connectivity index (χ2n) is 6.48. The number of benzene rings is 2. The first-order valence-electron chi connectivity index (χ1n) is 8.62. The van der Waals surface area contributed by atoms with Gasteiger partial charge >= 0.3 is 5.97 Å². The molecule has 0 aliphatic carbocycles. The van der Waals surface area contributed by atoms with E-state index < -0.39 is 41.9 Å². The van der Waals surface area contributed by atoms with Crippen LogP contribution in [-0.2, 0) is 19.1 Å². The number of carbonyl (C=O) groups is 3. The van der Waals surface area contributed by atoms with Crippen molar-refractivity contribution in [2.24, 2.45) is 5.92 Å². The zero-order valence-electron chi connectivity index (χ0n) is 15.1. The third-order valence-corrected chi connectivity index (χ3v) is 4.40. The third-order valence-electron chi connectivity index (χ3n) is 4.40. The minimum Gasteiger partial charge on any atom is -0.455 e. The number of hydrogen-bond donors (Lipinski definition) is 1. The van der Waals surface area contributed by atoms with Gasteiger partial charge in [0.2, 0.25) is 5.91 Å². The maximum absolute atomic E-state index is 13.9. The average molecular weight is 388 g/mol. The van der Waals surface area contributed by atoms with Crippen molar-refractivity contribution in [3.63, 3.8) is 0 Å². The van der Waals surface area contributed by atoms with Gasteiger partial charge in [0.25, 0.3) is 5.91 Å². The van der Waals surface area contributed by atoms with Gasteiger partial charge in [-0.1, -0.05) is 18.2 Å². The number of ether oxygens (including phenoxy) is 1. The molecular weight excluding hydrogens is 370 g/mol. The minimum absolute atomic E-state index is 0.0244. The van der Waals surface area contributed by atoms with Crippen LogP contribution < -0.4 is 10.2 Å². The Balaban J connectivity index is 1.54. The first-order chi connectivity index (χ1) is 13.3. The molecule has 1 atom stereocenters. The van der Waals surface area contributed by atoms with Gasteiger partial charge in [-0.25, -0.2) is 8.78 Å². The van der Waals surface area contributed by atoms with Crippen molar-refractivity contribution in [3.05, 3.63) is 59.7 Å². The van der Waals surface area contributed by atoms with Gasteiger partial charge < -0.3 is 15.0 Å². The molecule has 1 aliphatic rings. The number of carbonyl (C=O) groups excluding carboxylic acids is 3. The van der Waals surface area contributed by atoms with Gasteiger partial charge in [0.15, 0.2) is 6.61 Å². The van der Waals surface area contributed by atoms with E-state index in [1.807, 2.05) is 0 Å². The molecule has 0 bridgehead atoms. The zero-order chi connectivity index (χ0) is 20.3. The number of hydrogen-bond acceptors (Lipinski definition) is 4. The lowest BCUT2D eigenvalue weighted by atomic mass is 10.1. The maximum Gasteiger partial charge on any atom is 0.311 e. The Bertz CT molecular complexity index is 932. The van der Waals surface area contributed by atoms with Crippen LogP contribution in [-0.4, -0.2) is 30.9 Å². The van der Waals surface area contributed by atoms with Crippen molar-refractivity contribution >= 4 is 29.2 Å². The van der Waals surface area contributed by atoms with Crippen LogP contribution in [0.5, 0.6) is 0 Å². The normalized spacial score (nSPS) is 16.2. The van der Waals surface area contributed by atoms with Crippen LogP contribution in [0.15, 0.2) is 42.5 Å². The van der Waals surface area contributed by atoms with Crippen LogP contribution in [0.4, 0.5) is 20.2 Å². The van der Waals surface area contributed by atoms with Crippen LogP contribution in [0.2, 0.25) is 0 Å². The summed E-state index contributed by atoms with van der Waals surface area (Å²) in [6, 6.07) is 9.98. The van der Waals surface area contributed by atoms with Gasteiger partial charge in [0.05, 0.1) is 11.6 Å². The van der Waals surface area contributed by atoms with E-state index in [-0.39, 0.29) is 24.3 Å². The number of esters is 1. The van der Waals surface area contributed by atoms with Crippen molar-refractivity contribution in [3.8, 4) is 0 Å². The van der Waals surface area contributed by atoms with Gasteiger partial charge in [-0.15, -0.1) is 0 Å². The molecule has 0 aromatic heterocycles. The number of halogens is 2. The van der Waals surface area contributed by atoms with Crippen molar-refractivity contribution in [2.75, 3.05) is 23.4 Å². The number of aryl methyl sites for hydroxylation is 1. The van der Waals surface area contributed by atoms with E-state index in [0.29, 0.717) is 5.56 Å². The Hall–Kier alpha value is -3.29. The summed E-state index contributed by atoms with van der Waals surface area (Å²) < 4.78 is 32.3. The molecule has 6 nitrogen and oxygen atoms in total. The average Bonchev–Trinajstić information content (AvgIpc) is 3.05. The Kier molecular flexibility index (Phi) is 5.67. The lowest BCUT2D eigenvalue weighted by molar-refractivity contribution is -0.151. The summed E-state index contributed by atoms with van der Waals surface area (Å²) >= 11 is 0. The summed E-state index contributed by atoms with van der Waals surface area (Å²) in [6.45, 7) is 0.998. The van der Waals surface area contributed by atoms with Crippen LogP contribution in [0, 0.1) is 24.5 Å². The van der Waals surface area contributed by atoms with E-state index in [0.717, 1.165) is 6.07 Å². The van der Waals surface area contributed by atoms with E-state index in [1.165, 1.54) is 35.2 Å². The van der Waals surface area contributed by atoms with Crippen LogP contribution in [0.1, 0.15) is 12.0 Å². The number of amides is 2. The molecule has 2 amide bonds. The summed E-state index contributed by atoms with van der Waals surface area (Å²) in [5.41, 5.74) is 0.780. The Morgan fingerprint density at radius 2 is 1.93 bits per heavy atom. The van der Waals surface area contributed by atoms with Crippen molar-refractivity contribution < 1.29 is 27.9 Å². The minimum atomic E-state index is -0.795. The van der Waals surface area contributed by atoms with Gasteiger partial charge in [-0.2, -0.15) is 0 Å². The highest BCUT2D eigenvalue weighted by atomic mass is 19.1. The van der Waals surface area contributed by atoms with Gasteiger partial charge in [0, 0.05) is 18.7 Å². The van der Waals surface area contributed by atoms with Crippen molar-refractivity contribution in [1.82, 2.24) is 0 Å². The first-order valence-corrected chi connectivity index (χ1v) is 8.62. The smallest absolute Gasteiger partial charge is 0.311 e. The summed E-state index contributed by atoms with van der Waals surface area (Å²) in [6.07, 6.45) is -0.127. The molecule has 1 saturated heterocycles. The summed E-state index contributed by atoms with van der Waals surface area (Å²) in [7, 11) is 0. The summed E-state index contributed by atoms with van der Waals surface area (Å²) in [5, 5.41) is 2.42. The molecule has 8 heteroatoms. The SMILES string of the molecule is Cc1ccc(NC(=O)COC(=O)[C@H]2CC(=O)N(c3ccccc3F)C2)cc1F. The highest BCUT2D eigenvalue weighted by Crippen LogP contribution is 2.27. The van der Waals surface area contributed by atoms with Gasteiger partial charge in [0.1, 0.15) is 11.6 Å². The number of nitrogens with one attached hydrogen (secondary N) is 1. The molecule has 0 unspecified atom stereocenters. The first kappa shape index (κ1) is 19.5.